The third-order valence-corrected chi connectivity index (χ3v) is 2.98. The van der Waals surface area contributed by atoms with E-state index in [-0.39, 0.29) is 5.56 Å². The summed E-state index contributed by atoms with van der Waals surface area (Å²) in [6.45, 7) is 1.79. The van der Waals surface area contributed by atoms with E-state index in [0.717, 1.165) is 5.56 Å². The van der Waals surface area contributed by atoms with E-state index in [4.69, 9.17) is 9.15 Å². The predicted molar refractivity (Wildman–Crippen MR) is 72.2 cm³/mol. The standard InChI is InChI=1S/C15H11NO4/c1-9-3-2-4-11(15(17)18)13(9)20-14-10-6-8-19-12(10)5-7-16-14/h2-8H,1H3,(H,17,18). The van der Waals surface area contributed by atoms with Gasteiger partial charge >= 0.3 is 5.97 Å². The number of aryl methyl sites for hydroxylation is 1. The van der Waals surface area contributed by atoms with Crippen LogP contribution in [-0.2, 0) is 0 Å². The lowest BCUT2D eigenvalue weighted by Gasteiger charge is -2.11. The smallest absolute Gasteiger partial charge is 0.339 e. The van der Waals surface area contributed by atoms with Crippen LogP contribution in [-0.4, -0.2) is 16.1 Å². The Labute approximate surface area is 114 Å². The van der Waals surface area contributed by atoms with Crippen molar-refractivity contribution in [3.63, 3.8) is 0 Å². The first-order valence-electron chi connectivity index (χ1n) is 6.00. The predicted octanol–water partition coefficient (Wildman–Crippen LogP) is 3.63. The molecular formula is C15H11NO4. The van der Waals surface area contributed by atoms with Gasteiger partial charge in [0.15, 0.2) is 0 Å². The molecule has 2 aromatic heterocycles. The highest BCUT2D eigenvalue weighted by molar-refractivity contribution is 5.92. The van der Waals surface area contributed by atoms with E-state index < -0.39 is 5.97 Å². The second-order valence-corrected chi connectivity index (χ2v) is 4.31. The summed E-state index contributed by atoms with van der Waals surface area (Å²) in [4.78, 5) is 15.4. The van der Waals surface area contributed by atoms with Crippen LogP contribution in [0.1, 0.15) is 15.9 Å². The zero-order valence-corrected chi connectivity index (χ0v) is 10.7. The van der Waals surface area contributed by atoms with Gasteiger partial charge in [0.1, 0.15) is 16.9 Å². The number of hydrogen-bond acceptors (Lipinski definition) is 4. The molecule has 1 N–H and O–H groups in total. The number of nitrogens with zero attached hydrogens (tertiary/aromatic N) is 1. The number of hydrogen-bond donors (Lipinski definition) is 1. The van der Waals surface area contributed by atoms with E-state index in [1.165, 1.54) is 12.3 Å². The summed E-state index contributed by atoms with van der Waals surface area (Å²) >= 11 is 0. The van der Waals surface area contributed by atoms with Gasteiger partial charge in [0.2, 0.25) is 5.88 Å². The van der Waals surface area contributed by atoms with Crippen LogP contribution in [0, 0.1) is 6.92 Å². The van der Waals surface area contributed by atoms with Gasteiger partial charge in [0.05, 0.1) is 11.6 Å². The minimum atomic E-state index is -1.04. The van der Waals surface area contributed by atoms with Crippen molar-refractivity contribution in [2.75, 3.05) is 0 Å². The quantitative estimate of drug-likeness (QED) is 0.786. The van der Waals surface area contributed by atoms with Crippen LogP contribution in [0.3, 0.4) is 0 Å². The summed E-state index contributed by atoms with van der Waals surface area (Å²) in [5.41, 5.74) is 1.47. The van der Waals surface area contributed by atoms with E-state index in [1.54, 1.807) is 37.4 Å². The van der Waals surface area contributed by atoms with Crippen LogP contribution < -0.4 is 4.74 Å². The largest absolute Gasteiger partial charge is 0.478 e. The molecule has 0 aliphatic rings. The molecule has 20 heavy (non-hydrogen) atoms. The molecule has 0 radical (unpaired) electrons. The first kappa shape index (κ1) is 12.2. The van der Waals surface area contributed by atoms with E-state index in [9.17, 15) is 9.90 Å². The molecule has 5 nitrogen and oxygen atoms in total. The Bertz CT molecular complexity index is 791. The van der Waals surface area contributed by atoms with Crippen molar-refractivity contribution in [1.29, 1.82) is 0 Å². The highest BCUT2D eigenvalue weighted by Crippen LogP contribution is 2.32. The zero-order chi connectivity index (χ0) is 14.1. The summed E-state index contributed by atoms with van der Waals surface area (Å²) in [5, 5.41) is 9.92. The maximum absolute atomic E-state index is 11.3. The third-order valence-electron chi connectivity index (χ3n) is 2.98. The molecule has 3 aromatic rings. The molecule has 0 saturated carbocycles. The molecule has 0 aliphatic carbocycles. The lowest BCUT2D eigenvalue weighted by Crippen LogP contribution is -2.02. The van der Waals surface area contributed by atoms with Gasteiger partial charge in [-0.2, -0.15) is 0 Å². The number of aromatic nitrogens is 1. The summed E-state index contributed by atoms with van der Waals surface area (Å²) < 4.78 is 11.0. The Kier molecular flexibility index (Phi) is 2.87. The number of ether oxygens (including phenoxy) is 1. The molecule has 5 heteroatoms. The summed E-state index contributed by atoms with van der Waals surface area (Å²) in [6.07, 6.45) is 3.09. The van der Waals surface area contributed by atoms with Crippen molar-refractivity contribution in [3.8, 4) is 11.6 Å². The Morgan fingerprint density at radius 1 is 1.30 bits per heavy atom. The van der Waals surface area contributed by atoms with Gasteiger partial charge in [-0.05, 0) is 30.7 Å². The fourth-order valence-corrected chi connectivity index (χ4v) is 2.00. The monoisotopic (exact) mass is 269 g/mol. The fourth-order valence-electron chi connectivity index (χ4n) is 2.00. The Morgan fingerprint density at radius 3 is 2.95 bits per heavy atom. The Hall–Kier alpha value is -2.82. The van der Waals surface area contributed by atoms with Gasteiger partial charge < -0.3 is 14.3 Å². The van der Waals surface area contributed by atoms with Crippen LogP contribution in [0.2, 0.25) is 0 Å². The highest BCUT2D eigenvalue weighted by atomic mass is 16.5. The van der Waals surface area contributed by atoms with Gasteiger partial charge in [0.25, 0.3) is 0 Å². The SMILES string of the molecule is Cc1cccc(C(=O)O)c1Oc1nccc2occc12. The molecule has 0 atom stereocenters. The van der Waals surface area contributed by atoms with Crippen LogP contribution in [0.15, 0.2) is 47.2 Å². The topological polar surface area (TPSA) is 72.6 Å². The van der Waals surface area contributed by atoms with Crippen LogP contribution >= 0.6 is 0 Å². The molecule has 3 rings (SSSR count). The normalized spacial score (nSPS) is 10.7. The molecule has 0 saturated heterocycles. The third kappa shape index (κ3) is 1.99. The molecule has 0 aliphatic heterocycles. The fraction of sp³-hybridized carbons (Fsp3) is 0.0667. The van der Waals surface area contributed by atoms with Gasteiger partial charge in [-0.1, -0.05) is 12.1 Å². The van der Waals surface area contributed by atoms with Gasteiger partial charge in [-0.25, -0.2) is 9.78 Å². The number of aromatic carboxylic acids is 1. The lowest BCUT2D eigenvalue weighted by molar-refractivity contribution is 0.0694. The van der Waals surface area contributed by atoms with E-state index in [2.05, 4.69) is 4.98 Å². The maximum atomic E-state index is 11.3. The number of para-hydroxylation sites is 1. The summed E-state index contributed by atoms with van der Waals surface area (Å²) in [6, 6.07) is 8.42. The first-order valence-corrected chi connectivity index (χ1v) is 6.00. The van der Waals surface area contributed by atoms with Crippen molar-refractivity contribution < 1.29 is 19.1 Å². The van der Waals surface area contributed by atoms with Gasteiger partial charge in [0, 0.05) is 6.20 Å². The molecule has 0 unspecified atom stereocenters. The second-order valence-electron chi connectivity index (χ2n) is 4.31. The average molecular weight is 269 g/mol. The van der Waals surface area contributed by atoms with E-state index in [0.29, 0.717) is 22.6 Å². The number of pyridine rings is 1. The molecule has 2 heterocycles. The minimum absolute atomic E-state index is 0.104. The van der Waals surface area contributed by atoms with Crippen molar-refractivity contribution >= 4 is 16.9 Å². The molecule has 100 valence electrons. The number of fused-ring (bicyclic) bond motifs is 1. The Balaban J connectivity index is 2.12. The van der Waals surface area contributed by atoms with Crippen molar-refractivity contribution in [3.05, 3.63) is 53.9 Å². The van der Waals surface area contributed by atoms with Crippen LogP contribution in [0.4, 0.5) is 0 Å². The van der Waals surface area contributed by atoms with Crippen molar-refractivity contribution in [2.24, 2.45) is 0 Å². The minimum Gasteiger partial charge on any atom is -0.478 e. The van der Waals surface area contributed by atoms with Crippen molar-refractivity contribution in [1.82, 2.24) is 4.98 Å². The first-order chi connectivity index (χ1) is 9.66. The van der Waals surface area contributed by atoms with Gasteiger partial charge in [-0.15, -0.1) is 0 Å². The molecule has 1 aromatic carbocycles. The highest BCUT2D eigenvalue weighted by Gasteiger charge is 2.16. The molecule has 0 bridgehead atoms. The van der Waals surface area contributed by atoms with Crippen molar-refractivity contribution in [2.45, 2.75) is 6.92 Å². The number of benzene rings is 1. The maximum Gasteiger partial charge on any atom is 0.339 e. The number of carbonyl (C=O) groups is 1. The molecule has 0 amide bonds. The van der Waals surface area contributed by atoms with E-state index >= 15 is 0 Å². The lowest BCUT2D eigenvalue weighted by atomic mass is 10.1. The number of furan rings is 1. The second kappa shape index (κ2) is 4.70. The van der Waals surface area contributed by atoms with Crippen LogP contribution in [0.5, 0.6) is 11.6 Å². The Morgan fingerprint density at radius 2 is 2.15 bits per heavy atom. The zero-order valence-electron chi connectivity index (χ0n) is 10.7. The molecule has 0 spiro atoms. The van der Waals surface area contributed by atoms with Crippen LogP contribution in [0.25, 0.3) is 11.0 Å². The van der Waals surface area contributed by atoms with Gasteiger partial charge in [-0.3, -0.25) is 0 Å². The average Bonchev–Trinajstić information content (AvgIpc) is 2.90. The summed E-state index contributed by atoms with van der Waals surface area (Å²) in [7, 11) is 0. The number of carboxylic acids is 1. The number of rotatable bonds is 3. The molecular weight excluding hydrogens is 258 g/mol. The number of carboxylic acid groups (broad SMARTS) is 1. The molecule has 0 fully saturated rings. The van der Waals surface area contributed by atoms with E-state index in [1.807, 2.05) is 0 Å². The summed E-state index contributed by atoms with van der Waals surface area (Å²) in [5.74, 6) is -0.419.